The number of rotatable bonds is 6. The van der Waals surface area contributed by atoms with Crippen molar-refractivity contribution in [2.45, 2.75) is 32.7 Å². The van der Waals surface area contributed by atoms with Crippen LogP contribution in [-0.2, 0) is 0 Å². The van der Waals surface area contributed by atoms with Crippen molar-refractivity contribution in [2.24, 2.45) is 5.73 Å². The molecule has 1 fully saturated rings. The van der Waals surface area contributed by atoms with Gasteiger partial charge in [0.2, 0.25) is 5.95 Å². The van der Waals surface area contributed by atoms with Crippen molar-refractivity contribution in [1.82, 2.24) is 24.9 Å². The van der Waals surface area contributed by atoms with Gasteiger partial charge in [-0.2, -0.15) is 10.2 Å². The maximum absolute atomic E-state index is 11.8. The Morgan fingerprint density at radius 2 is 1.95 bits per heavy atom. The summed E-state index contributed by atoms with van der Waals surface area (Å²) in [6.07, 6.45) is 6.13. The van der Waals surface area contributed by atoms with Crippen LogP contribution >= 0.6 is 11.3 Å². The van der Waals surface area contributed by atoms with Gasteiger partial charge >= 0.3 is 5.97 Å². The molecule has 0 saturated carbocycles. The van der Waals surface area contributed by atoms with E-state index in [0.717, 1.165) is 24.9 Å². The molecule has 0 unspecified atom stereocenters. The number of nitriles is 1. The molecule has 0 bridgehead atoms. The zero-order valence-electron chi connectivity index (χ0n) is 21.2. The Hall–Kier alpha value is -4.96. The van der Waals surface area contributed by atoms with Crippen LogP contribution in [-0.4, -0.2) is 48.4 Å². The van der Waals surface area contributed by atoms with E-state index in [1.807, 2.05) is 13.0 Å². The Balaban J connectivity index is 0.000000333. The van der Waals surface area contributed by atoms with E-state index in [1.165, 1.54) is 41.7 Å². The second-order valence-electron chi connectivity index (χ2n) is 8.64. The summed E-state index contributed by atoms with van der Waals surface area (Å²) in [5, 5.41) is 22.2. The Morgan fingerprint density at radius 1 is 1.18 bits per heavy atom. The van der Waals surface area contributed by atoms with Gasteiger partial charge < -0.3 is 21.1 Å². The van der Waals surface area contributed by atoms with Gasteiger partial charge in [-0.25, -0.2) is 24.7 Å². The van der Waals surface area contributed by atoms with E-state index in [4.69, 9.17) is 11.0 Å². The number of nitrogens with two attached hydrogens (primary N) is 1. The summed E-state index contributed by atoms with van der Waals surface area (Å²) >= 11 is 1.18. The highest BCUT2D eigenvalue weighted by molar-refractivity contribution is 7.16. The molecule has 1 amide bonds. The Kier molecular flexibility index (Phi) is 8.37. The Labute approximate surface area is 228 Å². The topological polar surface area (TPSA) is 184 Å². The van der Waals surface area contributed by atoms with E-state index in [0.29, 0.717) is 27.3 Å². The van der Waals surface area contributed by atoms with Crippen LogP contribution in [0.3, 0.4) is 0 Å². The number of carbonyl (C=O) groups excluding carboxylic acids is 1. The number of carboxylic acids is 1. The minimum atomic E-state index is -1.11. The monoisotopic (exact) mass is 543 g/mol. The summed E-state index contributed by atoms with van der Waals surface area (Å²) in [5.41, 5.74) is 7.85. The van der Waals surface area contributed by atoms with Gasteiger partial charge in [-0.3, -0.25) is 4.79 Å². The molecule has 39 heavy (non-hydrogen) atoms. The number of carbonyl (C=O) groups is 2. The van der Waals surface area contributed by atoms with E-state index in [-0.39, 0.29) is 17.4 Å². The van der Waals surface area contributed by atoms with Gasteiger partial charge in [-0.05, 0) is 38.3 Å². The maximum atomic E-state index is 11.8. The summed E-state index contributed by atoms with van der Waals surface area (Å²) in [7, 11) is 0. The Morgan fingerprint density at radius 3 is 2.54 bits per heavy atom. The molecule has 1 aliphatic rings. The van der Waals surface area contributed by atoms with E-state index in [2.05, 4.69) is 59.4 Å². The molecule has 4 aromatic rings. The summed E-state index contributed by atoms with van der Waals surface area (Å²) in [5.74, 6) is -0.883. The minimum Gasteiger partial charge on any atom is -0.476 e. The third-order valence-electron chi connectivity index (χ3n) is 5.98. The van der Waals surface area contributed by atoms with Crippen LogP contribution in [0, 0.1) is 25.2 Å². The molecular weight excluding hydrogens is 518 g/mol. The van der Waals surface area contributed by atoms with Crippen molar-refractivity contribution in [3.63, 3.8) is 0 Å². The van der Waals surface area contributed by atoms with Crippen LogP contribution in [0.25, 0.3) is 0 Å². The number of aromatic carboxylic acids is 1. The normalized spacial score (nSPS) is 14.2. The number of hydrogen-bond donors (Lipinski definition) is 3. The lowest BCUT2D eigenvalue weighted by molar-refractivity contribution is 0.0689. The lowest BCUT2D eigenvalue weighted by Crippen LogP contribution is -2.26. The average Bonchev–Trinajstić information content (AvgIpc) is 3.61. The van der Waals surface area contributed by atoms with Crippen LogP contribution in [0.1, 0.15) is 61.4 Å². The molecule has 0 aliphatic carbocycles. The second-order valence-corrected chi connectivity index (χ2v) is 9.67. The van der Waals surface area contributed by atoms with Gasteiger partial charge in [0.1, 0.15) is 28.8 Å². The highest BCUT2D eigenvalue weighted by Gasteiger charge is 2.30. The molecule has 0 radical (unpaired) electrons. The van der Waals surface area contributed by atoms with Gasteiger partial charge in [0.25, 0.3) is 5.91 Å². The molecule has 3 aromatic heterocycles. The van der Waals surface area contributed by atoms with Crippen molar-refractivity contribution < 1.29 is 14.7 Å². The standard InChI is InChI=1S/C21H20N6O2S.C5H5N3O/c1-12-5-7-14(8-6-12)16-4-3-9-27(16)20-24-17(19(28)29)13(2)18(25-20)26-21-23-11-15(10-22)30-21;6-5(9)4-1-2-7-3-8-4/h5-8,11,16H,3-4,9H2,1-2H3,(H,28,29)(H,23,24,25,26);1-3H,(H2,6,9)/t16-;/m0./s1. The molecule has 1 aliphatic heterocycles. The van der Waals surface area contributed by atoms with Crippen molar-refractivity contribution in [2.75, 3.05) is 16.8 Å². The molecule has 12 nitrogen and oxygen atoms in total. The summed E-state index contributed by atoms with van der Waals surface area (Å²) in [4.78, 5) is 45.1. The van der Waals surface area contributed by atoms with Gasteiger partial charge in [-0.15, -0.1) is 0 Å². The van der Waals surface area contributed by atoms with Crippen molar-refractivity contribution in [1.29, 1.82) is 5.26 Å². The first kappa shape index (κ1) is 27.1. The quantitative estimate of drug-likeness (QED) is 0.321. The highest BCUT2D eigenvalue weighted by Crippen LogP contribution is 2.36. The first-order chi connectivity index (χ1) is 18.8. The summed E-state index contributed by atoms with van der Waals surface area (Å²) in [6, 6.07) is 11.9. The Bertz CT molecular complexity index is 1520. The molecule has 13 heteroatoms. The fraction of sp³-hybridized carbons (Fsp3) is 0.231. The summed E-state index contributed by atoms with van der Waals surface area (Å²) < 4.78 is 0. The number of amides is 1. The molecule has 5 rings (SSSR count). The molecule has 1 aromatic carbocycles. The first-order valence-corrected chi connectivity index (χ1v) is 12.7. The molecule has 198 valence electrons. The summed E-state index contributed by atoms with van der Waals surface area (Å²) in [6.45, 7) is 4.46. The largest absolute Gasteiger partial charge is 0.476 e. The number of hydrogen-bond acceptors (Lipinski definition) is 11. The molecule has 4 N–H and O–H groups in total. The van der Waals surface area contributed by atoms with Crippen LogP contribution in [0.2, 0.25) is 0 Å². The number of carboxylic acid groups (broad SMARTS) is 1. The van der Waals surface area contributed by atoms with E-state index in [1.54, 1.807) is 6.92 Å². The number of benzene rings is 1. The maximum Gasteiger partial charge on any atom is 0.355 e. The second kappa shape index (κ2) is 12.1. The number of thiazole rings is 1. The molecular formula is C26H25N9O3S. The number of nitrogens with zero attached hydrogens (tertiary/aromatic N) is 7. The number of aromatic nitrogens is 5. The number of aryl methyl sites for hydroxylation is 1. The van der Waals surface area contributed by atoms with Gasteiger partial charge in [-0.1, -0.05) is 41.2 Å². The van der Waals surface area contributed by atoms with Crippen LogP contribution in [0.4, 0.5) is 16.9 Å². The SMILES string of the molecule is Cc1ccc([C@@H]2CCCN2c2nc(Nc3ncc(C#N)s3)c(C)c(C(=O)O)n2)cc1.NC(=O)c1ccncn1. The lowest BCUT2D eigenvalue weighted by atomic mass is 10.0. The predicted molar refractivity (Wildman–Crippen MR) is 145 cm³/mol. The van der Waals surface area contributed by atoms with Gasteiger partial charge in [0.05, 0.1) is 12.2 Å². The van der Waals surface area contributed by atoms with Crippen LogP contribution in [0.5, 0.6) is 0 Å². The molecule has 0 spiro atoms. The van der Waals surface area contributed by atoms with E-state index >= 15 is 0 Å². The highest BCUT2D eigenvalue weighted by atomic mass is 32.1. The van der Waals surface area contributed by atoms with Crippen molar-refractivity contribution >= 4 is 40.1 Å². The third kappa shape index (κ3) is 6.49. The first-order valence-electron chi connectivity index (χ1n) is 11.9. The van der Waals surface area contributed by atoms with E-state index in [9.17, 15) is 14.7 Å². The zero-order chi connectivity index (χ0) is 27.9. The van der Waals surface area contributed by atoms with Crippen molar-refractivity contribution in [3.05, 3.63) is 82.0 Å². The van der Waals surface area contributed by atoms with E-state index < -0.39 is 11.9 Å². The van der Waals surface area contributed by atoms with Gasteiger partial charge in [0.15, 0.2) is 10.8 Å². The number of primary amides is 1. The zero-order valence-corrected chi connectivity index (χ0v) is 22.0. The fourth-order valence-electron chi connectivity index (χ4n) is 4.03. The van der Waals surface area contributed by atoms with Crippen LogP contribution in [0.15, 0.2) is 49.1 Å². The molecule has 1 atom stereocenters. The number of anilines is 3. The average molecular weight is 544 g/mol. The van der Waals surface area contributed by atoms with Crippen molar-refractivity contribution in [3.8, 4) is 6.07 Å². The minimum absolute atomic E-state index is 0.0471. The van der Waals surface area contributed by atoms with Gasteiger partial charge in [0, 0.05) is 18.3 Å². The predicted octanol–water partition coefficient (Wildman–Crippen LogP) is 3.78. The lowest BCUT2D eigenvalue weighted by Gasteiger charge is -2.26. The fourth-order valence-corrected chi connectivity index (χ4v) is 4.64. The van der Waals surface area contributed by atoms with Crippen LogP contribution < -0.4 is 16.0 Å². The smallest absolute Gasteiger partial charge is 0.355 e. The number of nitrogens with one attached hydrogen (secondary N) is 1. The third-order valence-corrected chi connectivity index (χ3v) is 6.80. The molecule has 4 heterocycles. The molecule has 1 saturated heterocycles.